The minimum Gasteiger partial charge on any atom is -0.395 e. The number of hydrogen-bond acceptors (Lipinski definition) is 2. The van der Waals surface area contributed by atoms with Crippen LogP contribution in [0.5, 0.6) is 0 Å². The third-order valence-corrected chi connectivity index (χ3v) is 6.18. The predicted molar refractivity (Wildman–Crippen MR) is 109 cm³/mol. The van der Waals surface area contributed by atoms with Crippen LogP contribution in [-0.4, -0.2) is 27.4 Å². The van der Waals surface area contributed by atoms with Crippen molar-refractivity contribution in [1.29, 1.82) is 0 Å². The molecule has 0 aromatic rings. The zero-order valence-electron chi connectivity index (χ0n) is 16.4. The molecule has 0 bridgehead atoms. The van der Waals surface area contributed by atoms with E-state index < -0.39 is 10.8 Å². The molecule has 2 nitrogen and oxygen atoms in total. The third kappa shape index (κ3) is 20.2. The summed E-state index contributed by atoms with van der Waals surface area (Å²) in [6.07, 6.45) is 23.4. The third-order valence-electron chi connectivity index (χ3n) is 4.79. The van der Waals surface area contributed by atoms with Crippen LogP contribution in [0.3, 0.4) is 0 Å². The first-order chi connectivity index (χ1) is 11.8. The number of aliphatic hydroxyl groups is 1. The van der Waals surface area contributed by atoms with Gasteiger partial charge in [-0.1, -0.05) is 110 Å². The predicted octanol–water partition coefficient (Wildman–Crippen LogP) is 6.38. The monoisotopic (exact) mass is 360 g/mol. The maximum atomic E-state index is 11.4. The van der Waals surface area contributed by atoms with Gasteiger partial charge in [0.2, 0.25) is 0 Å². The van der Waals surface area contributed by atoms with Crippen LogP contribution in [0.1, 0.15) is 116 Å². The summed E-state index contributed by atoms with van der Waals surface area (Å²) in [5, 5.41) is 8.69. The van der Waals surface area contributed by atoms with Crippen LogP contribution < -0.4 is 0 Å². The number of rotatable bonds is 20. The fourth-order valence-electron chi connectivity index (χ4n) is 3.19. The van der Waals surface area contributed by atoms with Gasteiger partial charge in [0.25, 0.3) is 0 Å². The molecule has 1 atom stereocenters. The molecule has 0 aliphatic carbocycles. The molecule has 0 spiro atoms. The topological polar surface area (TPSA) is 37.3 Å². The van der Waals surface area contributed by atoms with Gasteiger partial charge in [0, 0.05) is 22.3 Å². The molecule has 0 heterocycles. The second-order valence-electron chi connectivity index (χ2n) is 7.23. The van der Waals surface area contributed by atoms with Crippen molar-refractivity contribution >= 4 is 10.8 Å². The van der Waals surface area contributed by atoms with Gasteiger partial charge in [-0.05, 0) is 6.42 Å². The quantitative estimate of drug-likeness (QED) is 0.256. The Morgan fingerprint density at radius 3 is 1.21 bits per heavy atom. The molecule has 0 aliphatic heterocycles. The zero-order chi connectivity index (χ0) is 17.7. The fraction of sp³-hybridized carbons (Fsp3) is 1.00. The van der Waals surface area contributed by atoms with Crippen molar-refractivity contribution in [2.24, 2.45) is 0 Å². The molecule has 0 saturated heterocycles. The highest BCUT2D eigenvalue weighted by Gasteiger charge is 1.98. The standard InChI is InChI=1S/C21H44O2S/c1-2-3-4-5-6-7-8-9-10-11-12-13-14-15-16-17-18-20-24(23)21-19-22/h22H,2-21H2,1H3. The molecule has 0 amide bonds. The van der Waals surface area contributed by atoms with E-state index >= 15 is 0 Å². The minimum atomic E-state index is -0.788. The van der Waals surface area contributed by atoms with Gasteiger partial charge in [0.05, 0.1) is 6.61 Å². The molecule has 0 saturated carbocycles. The molecule has 0 aromatic heterocycles. The van der Waals surface area contributed by atoms with Crippen LogP contribution in [0.4, 0.5) is 0 Å². The molecule has 0 radical (unpaired) electrons. The Bertz CT molecular complexity index is 256. The second-order valence-corrected chi connectivity index (χ2v) is 8.92. The lowest BCUT2D eigenvalue weighted by Crippen LogP contribution is -2.05. The van der Waals surface area contributed by atoms with Crippen molar-refractivity contribution < 1.29 is 9.32 Å². The highest BCUT2D eigenvalue weighted by molar-refractivity contribution is 7.84. The van der Waals surface area contributed by atoms with Crippen LogP contribution >= 0.6 is 0 Å². The van der Waals surface area contributed by atoms with Gasteiger partial charge in [0.15, 0.2) is 0 Å². The zero-order valence-corrected chi connectivity index (χ0v) is 17.2. The first kappa shape index (κ1) is 24.1. The number of hydrogen-bond donors (Lipinski definition) is 1. The molecule has 146 valence electrons. The molecule has 0 fully saturated rings. The lowest BCUT2D eigenvalue weighted by molar-refractivity contribution is 0.321. The summed E-state index contributed by atoms with van der Waals surface area (Å²) in [6.45, 7) is 2.34. The molecule has 0 aliphatic rings. The Hall–Kier alpha value is 0.110. The second kappa shape index (κ2) is 21.2. The van der Waals surface area contributed by atoms with E-state index in [1.165, 1.54) is 103 Å². The van der Waals surface area contributed by atoms with Gasteiger partial charge in [-0.3, -0.25) is 4.21 Å². The van der Waals surface area contributed by atoms with Gasteiger partial charge >= 0.3 is 0 Å². The van der Waals surface area contributed by atoms with Crippen LogP contribution in [0.15, 0.2) is 0 Å². The van der Waals surface area contributed by atoms with Gasteiger partial charge < -0.3 is 5.11 Å². The highest BCUT2D eigenvalue weighted by atomic mass is 32.2. The van der Waals surface area contributed by atoms with Gasteiger partial charge in [-0.2, -0.15) is 0 Å². The maximum absolute atomic E-state index is 11.4. The van der Waals surface area contributed by atoms with E-state index in [-0.39, 0.29) is 6.61 Å². The molecule has 1 N–H and O–H groups in total. The summed E-state index contributed by atoms with van der Waals surface area (Å²) in [7, 11) is -0.788. The van der Waals surface area contributed by atoms with E-state index in [1.807, 2.05) is 0 Å². The maximum Gasteiger partial charge on any atom is 0.0546 e. The van der Waals surface area contributed by atoms with Gasteiger partial charge in [0.1, 0.15) is 0 Å². The SMILES string of the molecule is CCCCCCCCCCCCCCCCCCCS(=O)CCO. The van der Waals surface area contributed by atoms with Crippen molar-refractivity contribution in [1.82, 2.24) is 0 Å². The lowest BCUT2D eigenvalue weighted by Gasteiger charge is -2.04. The molecule has 24 heavy (non-hydrogen) atoms. The van der Waals surface area contributed by atoms with Gasteiger partial charge in [-0.25, -0.2) is 0 Å². The van der Waals surface area contributed by atoms with Crippen molar-refractivity contribution in [3.8, 4) is 0 Å². The molecule has 0 aromatic carbocycles. The highest BCUT2D eigenvalue weighted by Crippen LogP contribution is 2.14. The van der Waals surface area contributed by atoms with Crippen LogP contribution in [0.2, 0.25) is 0 Å². The molecular formula is C21H44O2S. The van der Waals surface area contributed by atoms with Gasteiger partial charge in [-0.15, -0.1) is 0 Å². The Morgan fingerprint density at radius 2 is 0.875 bits per heavy atom. The summed E-state index contributed by atoms with van der Waals surface area (Å²) >= 11 is 0. The minimum absolute atomic E-state index is 0.0611. The normalized spacial score (nSPS) is 12.6. The van der Waals surface area contributed by atoms with Crippen molar-refractivity contribution in [3.63, 3.8) is 0 Å². The van der Waals surface area contributed by atoms with E-state index in [1.54, 1.807) is 0 Å². The number of aliphatic hydroxyl groups excluding tert-OH is 1. The average Bonchev–Trinajstić information content (AvgIpc) is 2.58. The largest absolute Gasteiger partial charge is 0.395 e. The first-order valence-corrected chi connectivity index (χ1v) is 12.3. The van der Waals surface area contributed by atoms with Crippen molar-refractivity contribution in [2.45, 2.75) is 116 Å². The van der Waals surface area contributed by atoms with Crippen molar-refractivity contribution in [3.05, 3.63) is 0 Å². The molecule has 0 rings (SSSR count). The van der Waals surface area contributed by atoms with E-state index in [9.17, 15) is 4.21 Å². The Balaban J connectivity index is 3.01. The number of unbranched alkanes of at least 4 members (excludes halogenated alkanes) is 16. The molecule has 3 heteroatoms. The van der Waals surface area contributed by atoms with Crippen LogP contribution in [0, 0.1) is 0 Å². The Morgan fingerprint density at radius 1 is 0.542 bits per heavy atom. The summed E-state index contributed by atoms with van der Waals surface area (Å²) in [6, 6.07) is 0. The van der Waals surface area contributed by atoms with Crippen LogP contribution in [0.25, 0.3) is 0 Å². The lowest BCUT2D eigenvalue weighted by atomic mass is 10.0. The van der Waals surface area contributed by atoms with E-state index in [0.717, 1.165) is 12.2 Å². The van der Waals surface area contributed by atoms with Crippen LogP contribution in [-0.2, 0) is 10.8 Å². The summed E-state index contributed by atoms with van der Waals surface area (Å²) in [4.78, 5) is 0. The fourth-order valence-corrected chi connectivity index (χ4v) is 4.13. The molecular weight excluding hydrogens is 316 g/mol. The summed E-state index contributed by atoms with van der Waals surface area (Å²) in [5.41, 5.74) is 0. The van der Waals surface area contributed by atoms with E-state index in [0.29, 0.717) is 5.75 Å². The smallest absolute Gasteiger partial charge is 0.0546 e. The summed E-state index contributed by atoms with van der Waals surface area (Å²) in [5.74, 6) is 1.23. The van der Waals surface area contributed by atoms with E-state index in [2.05, 4.69) is 6.92 Å². The first-order valence-electron chi connectivity index (χ1n) is 10.8. The Labute approximate surface area is 154 Å². The van der Waals surface area contributed by atoms with E-state index in [4.69, 9.17) is 5.11 Å². The molecule has 1 unspecified atom stereocenters. The summed E-state index contributed by atoms with van der Waals surface area (Å²) < 4.78 is 11.4. The Kier molecular flexibility index (Phi) is 21.3. The van der Waals surface area contributed by atoms with Crippen molar-refractivity contribution in [2.75, 3.05) is 18.1 Å². The average molecular weight is 361 g/mol.